The Kier molecular flexibility index (Phi) is 4.16. The van der Waals surface area contributed by atoms with Crippen LogP contribution in [0.15, 0.2) is 61.1 Å². The van der Waals surface area contributed by atoms with Gasteiger partial charge in [-0.25, -0.2) is 9.67 Å². The maximum Gasteiger partial charge on any atom is 0.215 e. The van der Waals surface area contributed by atoms with Crippen molar-refractivity contribution in [2.45, 2.75) is 13.0 Å². The molecule has 0 aliphatic rings. The lowest BCUT2D eigenvalue weighted by Gasteiger charge is -2.14. The van der Waals surface area contributed by atoms with E-state index in [4.69, 9.17) is 4.74 Å². The number of nitrogens with zero attached hydrogens (tertiary/aromatic N) is 3. The number of hydrogen-bond acceptors (Lipinski definition) is 4. The van der Waals surface area contributed by atoms with Crippen LogP contribution in [0.25, 0.3) is 5.69 Å². The van der Waals surface area contributed by atoms with Crippen molar-refractivity contribution in [1.82, 2.24) is 14.8 Å². The van der Waals surface area contributed by atoms with Crippen LogP contribution in [-0.2, 0) is 0 Å². The highest BCUT2D eigenvalue weighted by molar-refractivity contribution is 5.33. The Balaban J connectivity index is 1.69. The molecule has 1 unspecified atom stereocenters. The highest BCUT2D eigenvalue weighted by Crippen LogP contribution is 2.19. The highest BCUT2D eigenvalue weighted by Gasteiger charge is 2.11. The van der Waals surface area contributed by atoms with Crippen molar-refractivity contribution >= 4 is 0 Å². The van der Waals surface area contributed by atoms with Crippen LogP contribution in [0.2, 0.25) is 0 Å². The average molecular weight is 295 g/mol. The summed E-state index contributed by atoms with van der Waals surface area (Å²) in [5, 5.41) is 14.4. The Labute approximate surface area is 128 Å². The molecule has 0 radical (unpaired) electrons. The molecule has 0 saturated heterocycles. The molecule has 112 valence electrons. The number of aromatic nitrogens is 3. The first kappa shape index (κ1) is 14.3. The molecule has 3 rings (SSSR count). The molecule has 0 saturated carbocycles. The molecule has 22 heavy (non-hydrogen) atoms. The van der Waals surface area contributed by atoms with Gasteiger partial charge in [0.05, 0.1) is 5.69 Å². The minimum absolute atomic E-state index is 0.153. The Bertz CT molecular complexity index is 741. The molecule has 0 spiro atoms. The predicted octanol–water partition coefficient (Wildman–Crippen LogP) is 2.69. The van der Waals surface area contributed by atoms with E-state index in [9.17, 15) is 5.11 Å². The molecule has 0 aliphatic heterocycles. The summed E-state index contributed by atoms with van der Waals surface area (Å²) in [7, 11) is 0. The van der Waals surface area contributed by atoms with Gasteiger partial charge in [0.2, 0.25) is 5.88 Å². The van der Waals surface area contributed by atoms with E-state index in [0.717, 1.165) is 16.8 Å². The Morgan fingerprint density at radius 3 is 2.82 bits per heavy atom. The van der Waals surface area contributed by atoms with Gasteiger partial charge in [0, 0.05) is 24.7 Å². The van der Waals surface area contributed by atoms with Crippen molar-refractivity contribution in [3.8, 4) is 11.6 Å². The fourth-order valence-corrected chi connectivity index (χ4v) is 2.26. The van der Waals surface area contributed by atoms with Crippen molar-refractivity contribution in [2.75, 3.05) is 6.61 Å². The lowest BCUT2D eigenvalue weighted by atomic mass is 10.0. The number of hydrogen-bond donors (Lipinski definition) is 1. The molecular weight excluding hydrogens is 278 g/mol. The number of pyridine rings is 1. The van der Waals surface area contributed by atoms with Gasteiger partial charge in [-0.05, 0) is 30.2 Å². The van der Waals surface area contributed by atoms with E-state index in [0.29, 0.717) is 5.88 Å². The number of rotatable bonds is 5. The number of ether oxygens (including phenoxy) is 1. The number of aliphatic hydroxyl groups is 1. The van der Waals surface area contributed by atoms with Crippen LogP contribution in [0.4, 0.5) is 0 Å². The monoisotopic (exact) mass is 295 g/mol. The van der Waals surface area contributed by atoms with Crippen molar-refractivity contribution in [2.24, 2.45) is 0 Å². The van der Waals surface area contributed by atoms with E-state index in [2.05, 4.69) is 10.1 Å². The van der Waals surface area contributed by atoms with Crippen LogP contribution < -0.4 is 4.74 Å². The third-order valence-corrected chi connectivity index (χ3v) is 3.42. The molecule has 1 atom stereocenters. The molecule has 0 amide bonds. The van der Waals surface area contributed by atoms with Crippen LogP contribution >= 0.6 is 0 Å². The normalized spacial score (nSPS) is 12.1. The Morgan fingerprint density at radius 1 is 1.18 bits per heavy atom. The van der Waals surface area contributed by atoms with E-state index >= 15 is 0 Å². The predicted molar refractivity (Wildman–Crippen MR) is 83.0 cm³/mol. The maximum absolute atomic E-state index is 10.2. The first-order chi connectivity index (χ1) is 10.7. The second kappa shape index (κ2) is 6.41. The summed E-state index contributed by atoms with van der Waals surface area (Å²) in [4.78, 5) is 4.16. The zero-order chi connectivity index (χ0) is 15.4. The number of benzene rings is 1. The summed E-state index contributed by atoms with van der Waals surface area (Å²) in [5.41, 5.74) is 2.77. The van der Waals surface area contributed by atoms with Gasteiger partial charge in [-0.1, -0.05) is 24.3 Å². The SMILES string of the molecule is Cc1ccccc1C(O)COc1cc(-n2cccn2)ccn1. The molecular formula is C17H17N3O2. The zero-order valence-electron chi connectivity index (χ0n) is 12.3. The van der Waals surface area contributed by atoms with Gasteiger partial charge >= 0.3 is 0 Å². The van der Waals surface area contributed by atoms with Gasteiger partial charge in [-0.15, -0.1) is 0 Å². The third-order valence-electron chi connectivity index (χ3n) is 3.42. The zero-order valence-corrected chi connectivity index (χ0v) is 12.3. The first-order valence-corrected chi connectivity index (χ1v) is 7.06. The minimum Gasteiger partial charge on any atom is -0.474 e. The number of aliphatic hydroxyl groups excluding tert-OH is 1. The second-order valence-electron chi connectivity index (χ2n) is 4.99. The summed E-state index contributed by atoms with van der Waals surface area (Å²) in [6, 6.07) is 13.2. The van der Waals surface area contributed by atoms with E-state index < -0.39 is 6.10 Å². The van der Waals surface area contributed by atoms with E-state index in [-0.39, 0.29) is 6.61 Å². The molecule has 1 aromatic carbocycles. The van der Waals surface area contributed by atoms with E-state index in [1.54, 1.807) is 23.1 Å². The van der Waals surface area contributed by atoms with Gasteiger partial charge in [0.25, 0.3) is 0 Å². The first-order valence-electron chi connectivity index (χ1n) is 7.06. The maximum atomic E-state index is 10.2. The van der Waals surface area contributed by atoms with Crippen LogP contribution in [0.3, 0.4) is 0 Å². The average Bonchev–Trinajstić information content (AvgIpc) is 3.08. The van der Waals surface area contributed by atoms with Crippen LogP contribution in [0.5, 0.6) is 5.88 Å². The van der Waals surface area contributed by atoms with Gasteiger partial charge in [0.15, 0.2) is 0 Å². The van der Waals surface area contributed by atoms with Crippen molar-refractivity contribution < 1.29 is 9.84 Å². The fourth-order valence-electron chi connectivity index (χ4n) is 2.26. The van der Waals surface area contributed by atoms with E-state index in [1.807, 2.05) is 49.5 Å². The topological polar surface area (TPSA) is 60.2 Å². The molecule has 3 aromatic rings. The van der Waals surface area contributed by atoms with E-state index in [1.165, 1.54) is 0 Å². The van der Waals surface area contributed by atoms with Crippen molar-refractivity contribution in [3.63, 3.8) is 0 Å². The summed E-state index contributed by atoms with van der Waals surface area (Å²) in [6.07, 6.45) is 4.53. The molecule has 5 nitrogen and oxygen atoms in total. The van der Waals surface area contributed by atoms with Crippen LogP contribution in [0.1, 0.15) is 17.2 Å². The largest absolute Gasteiger partial charge is 0.474 e. The Morgan fingerprint density at radius 2 is 2.05 bits per heavy atom. The summed E-state index contributed by atoms with van der Waals surface area (Å²) in [5.74, 6) is 0.459. The van der Waals surface area contributed by atoms with Crippen molar-refractivity contribution in [3.05, 3.63) is 72.2 Å². The third kappa shape index (κ3) is 3.15. The molecule has 0 fully saturated rings. The second-order valence-corrected chi connectivity index (χ2v) is 4.99. The van der Waals surface area contributed by atoms with Crippen LogP contribution in [-0.4, -0.2) is 26.5 Å². The summed E-state index contributed by atoms with van der Waals surface area (Å²) in [6.45, 7) is 2.12. The minimum atomic E-state index is -0.684. The fraction of sp³-hybridized carbons (Fsp3) is 0.176. The van der Waals surface area contributed by atoms with Crippen LogP contribution in [0, 0.1) is 6.92 Å². The molecule has 1 N–H and O–H groups in total. The Hall–Kier alpha value is -2.66. The summed E-state index contributed by atoms with van der Waals surface area (Å²) >= 11 is 0. The lowest BCUT2D eigenvalue weighted by molar-refractivity contribution is 0.105. The molecule has 0 aliphatic carbocycles. The highest BCUT2D eigenvalue weighted by atomic mass is 16.5. The molecule has 2 aromatic heterocycles. The van der Waals surface area contributed by atoms with Gasteiger partial charge in [0.1, 0.15) is 12.7 Å². The molecule has 0 bridgehead atoms. The number of aryl methyl sites for hydroxylation is 1. The quantitative estimate of drug-likeness (QED) is 0.786. The lowest BCUT2D eigenvalue weighted by Crippen LogP contribution is -2.11. The smallest absolute Gasteiger partial charge is 0.215 e. The van der Waals surface area contributed by atoms with Gasteiger partial charge in [-0.3, -0.25) is 0 Å². The standard InChI is InChI=1S/C17H17N3O2/c1-13-5-2-3-6-15(13)16(21)12-22-17-11-14(7-9-18-17)20-10-4-8-19-20/h2-11,16,21H,12H2,1H3. The molecule has 5 heteroatoms. The molecule has 2 heterocycles. The van der Waals surface area contributed by atoms with Crippen molar-refractivity contribution in [1.29, 1.82) is 0 Å². The summed E-state index contributed by atoms with van der Waals surface area (Å²) < 4.78 is 7.34. The van der Waals surface area contributed by atoms with Gasteiger partial charge < -0.3 is 9.84 Å². The van der Waals surface area contributed by atoms with Gasteiger partial charge in [-0.2, -0.15) is 5.10 Å².